The first-order chi connectivity index (χ1) is 7.87. The number of aromatic nitrogens is 1. The molecule has 2 N–H and O–H groups in total. The summed E-state index contributed by atoms with van der Waals surface area (Å²) in [4.78, 5) is 16.1. The van der Waals surface area contributed by atoms with Gasteiger partial charge in [-0.2, -0.15) is 0 Å². The molecule has 4 nitrogen and oxygen atoms in total. The first-order valence-corrected chi connectivity index (χ1v) is 6.07. The number of carbonyl (C=O) groups excluding carboxylic acids is 1. The predicted octanol–water partition coefficient (Wildman–Crippen LogP) is 2.83. The number of carbonyl (C=O) groups is 1. The molecule has 0 unspecified atom stereocenters. The zero-order chi connectivity index (χ0) is 12.6. The Morgan fingerprint density at radius 3 is 2.76 bits per heavy atom. The minimum atomic E-state index is -0.504. The van der Waals surface area contributed by atoms with E-state index in [9.17, 15) is 4.79 Å². The normalized spacial score (nSPS) is 11.7. The molecule has 1 aromatic heterocycles. The zero-order valence-corrected chi connectivity index (χ0v) is 10.8. The largest absolute Gasteiger partial charge is 0.456 e. The van der Waals surface area contributed by atoms with Gasteiger partial charge in [0.2, 0.25) is 0 Å². The van der Waals surface area contributed by atoms with Gasteiger partial charge in [0.05, 0.1) is 15.8 Å². The number of nitrogens with zero attached hydrogens (tertiary/aromatic N) is 1. The van der Waals surface area contributed by atoms with Crippen LogP contribution in [-0.2, 0) is 4.74 Å². The Kier molecular flexibility index (Phi) is 2.79. The Labute approximate surface area is 103 Å². The molecule has 0 saturated heterocycles. The topological polar surface area (TPSA) is 65.2 Å². The summed E-state index contributed by atoms with van der Waals surface area (Å²) in [6, 6.07) is 5.34. The van der Waals surface area contributed by atoms with Crippen LogP contribution < -0.4 is 5.73 Å². The van der Waals surface area contributed by atoms with Crippen LogP contribution in [0.25, 0.3) is 10.2 Å². The summed E-state index contributed by atoms with van der Waals surface area (Å²) in [5, 5.41) is 0.455. The molecule has 0 aliphatic heterocycles. The smallest absolute Gasteiger partial charge is 0.340 e. The first kappa shape index (κ1) is 11.9. The summed E-state index contributed by atoms with van der Waals surface area (Å²) >= 11 is 1.30. The molecule has 0 bridgehead atoms. The van der Waals surface area contributed by atoms with Crippen molar-refractivity contribution in [1.82, 2.24) is 4.98 Å². The highest BCUT2D eigenvalue weighted by Gasteiger charge is 2.20. The maximum absolute atomic E-state index is 12.0. The van der Waals surface area contributed by atoms with Crippen LogP contribution >= 0.6 is 11.3 Å². The summed E-state index contributed by atoms with van der Waals surface area (Å²) in [5.41, 5.74) is 6.39. The standard InChI is InChI=1S/C12H14N2O2S/c1-12(2,3)16-10(15)7-5-4-6-8-9(7)17-11(13)14-8/h4-6H,1-3H3,(H2,13,14). The molecule has 0 aliphatic carbocycles. The Morgan fingerprint density at radius 2 is 2.12 bits per heavy atom. The van der Waals surface area contributed by atoms with E-state index in [1.165, 1.54) is 11.3 Å². The lowest BCUT2D eigenvalue weighted by Gasteiger charge is -2.19. The highest BCUT2D eigenvalue weighted by Crippen LogP contribution is 2.28. The average Bonchev–Trinajstić information content (AvgIpc) is 2.54. The fourth-order valence-electron chi connectivity index (χ4n) is 1.46. The van der Waals surface area contributed by atoms with Gasteiger partial charge in [-0.25, -0.2) is 9.78 Å². The zero-order valence-electron chi connectivity index (χ0n) is 9.98. The number of hydrogen-bond donors (Lipinski definition) is 1. The Bertz CT molecular complexity index is 569. The van der Waals surface area contributed by atoms with Crippen molar-refractivity contribution in [2.75, 3.05) is 5.73 Å². The quantitative estimate of drug-likeness (QED) is 0.790. The molecule has 2 aromatic rings. The van der Waals surface area contributed by atoms with Gasteiger partial charge in [-0.05, 0) is 32.9 Å². The van der Waals surface area contributed by atoms with Crippen LogP contribution in [0.3, 0.4) is 0 Å². The molecule has 0 atom stereocenters. The van der Waals surface area contributed by atoms with Crippen molar-refractivity contribution in [3.05, 3.63) is 23.8 Å². The van der Waals surface area contributed by atoms with Crippen molar-refractivity contribution < 1.29 is 9.53 Å². The summed E-state index contributed by atoms with van der Waals surface area (Å²) in [5.74, 6) is -0.341. The van der Waals surface area contributed by atoms with E-state index in [4.69, 9.17) is 10.5 Å². The summed E-state index contributed by atoms with van der Waals surface area (Å²) < 4.78 is 6.12. The van der Waals surface area contributed by atoms with E-state index in [0.717, 1.165) is 10.2 Å². The van der Waals surface area contributed by atoms with E-state index < -0.39 is 5.60 Å². The highest BCUT2D eigenvalue weighted by molar-refractivity contribution is 7.22. The number of hydrogen-bond acceptors (Lipinski definition) is 5. The molecule has 0 fully saturated rings. The van der Waals surface area contributed by atoms with E-state index >= 15 is 0 Å². The number of thiazole rings is 1. The van der Waals surface area contributed by atoms with Crippen molar-refractivity contribution >= 4 is 32.7 Å². The van der Waals surface area contributed by atoms with Crippen molar-refractivity contribution in [3.63, 3.8) is 0 Å². The van der Waals surface area contributed by atoms with Crippen molar-refractivity contribution in [2.45, 2.75) is 26.4 Å². The van der Waals surface area contributed by atoms with Gasteiger partial charge in [0.15, 0.2) is 5.13 Å². The van der Waals surface area contributed by atoms with E-state index in [-0.39, 0.29) is 5.97 Å². The van der Waals surface area contributed by atoms with E-state index in [0.29, 0.717) is 10.7 Å². The van der Waals surface area contributed by atoms with Crippen LogP contribution in [0.4, 0.5) is 5.13 Å². The number of rotatable bonds is 1. The second-order valence-corrected chi connectivity index (χ2v) is 5.74. The maximum atomic E-state index is 12.0. The SMILES string of the molecule is CC(C)(C)OC(=O)c1cccc2nc(N)sc12. The molecular weight excluding hydrogens is 236 g/mol. The second kappa shape index (κ2) is 4.00. The van der Waals surface area contributed by atoms with E-state index in [1.54, 1.807) is 12.1 Å². The van der Waals surface area contributed by atoms with Crippen molar-refractivity contribution in [3.8, 4) is 0 Å². The monoisotopic (exact) mass is 250 g/mol. The van der Waals surface area contributed by atoms with Gasteiger partial charge in [0.25, 0.3) is 0 Å². The van der Waals surface area contributed by atoms with Crippen LogP contribution in [0.1, 0.15) is 31.1 Å². The third-order valence-electron chi connectivity index (χ3n) is 2.05. The number of ether oxygens (including phenoxy) is 1. The van der Waals surface area contributed by atoms with Crippen LogP contribution in [0.15, 0.2) is 18.2 Å². The Hall–Kier alpha value is -1.62. The van der Waals surface area contributed by atoms with Gasteiger partial charge < -0.3 is 10.5 Å². The summed E-state index contributed by atoms with van der Waals surface area (Å²) in [7, 11) is 0. The average molecular weight is 250 g/mol. The van der Waals surface area contributed by atoms with Gasteiger partial charge in [-0.3, -0.25) is 0 Å². The van der Waals surface area contributed by atoms with Gasteiger partial charge in [-0.1, -0.05) is 17.4 Å². The molecule has 2 rings (SSSR count). The number of nitrogens with two attached hydrogens (primary N) is 1. The van der Waals surface area contributed by atoms with Crippen molar-refractivity contribution in [1.29, 1.82) is 0 Å². The van der Waals surface area contributed by atoms with Crippen LogP contribution in [0, 0.1) is 0 Å². The first-order valence-electron chi connectivity index (χ1n) is 5.25. The molecular formula is C12H14N2O2S. The number of nitrogen functional groups attached to an aromatic ring is 1. The highest BCUT2D eigenvalue weighted by atomic mass is 32.1. The summed E-state index contributed by atoms with van der Waals surface area (Å²) in [6.07, 6.45) is 0. The molecule has 1 aromatic carbocycles. The van der Waals surface area contributed by atoms with E-state index in [1.807, 2.05) is 26.8 Å². The minimum Gasteiger partial charge on any atom is -0.456 e. The van der Waals surface area contributed by atoms with Gasteiger partial charge >= 0.3 is 5.97 Å². The molecule has 0 amide bonds. The van der Waals surface area contributed by atoms with Crippen molar-refractivity contribution in [2.24, 2.45) is 0 Å². The fraction of sp³-hybridized carbons (Fsp3) is 0.333. The molecule has 17 heavy (non-hydrogen) atoms. The maximum Gasteiger partial charge on any atom is 0.340 e. The van der Waals surface area contributed by atoms with Crippen LogP contribution in [-0.4, -0.2) is 16.6 Å². The number of anilines is 1. The number of esters is 1. The minimum absolute atomic E-state index is 0.341. The number of fused-ring (bicyclic) bond motifs is 1. The van der Waals surface area contributed by atoms with Gasteiger partial charge in [0.1, 0.15) is 5.60 Å². The predicted molar refractivity (Wildman–Crippen MR) is 69.2 cm³/mol. The van der Waals surface area contributed by atoms with Crippen LogP contribution in [0.5, 0.6) is 0 Å². The molecule has 0 spiro atoms. The molecule has 0 saturated carbocycles. The third-order valence-corrected chi connectivity index (χ3v) is 2.98. The van der Waals surface area contributed by atoms with Gasteiger partial charge in [-0.15, -0.1) is 0 Å². The fourth-order valence-corrected chi connectivity index (χ4v) is 2.29. The van der Waals surface area contributed by atoms with Gasteiger partial charge in [0, 0.05) is 0 Å². The van der Waals surface area contributed by atoms with E-state index in [2.05, 4.69) is 4.98 Å². The molecule has 0 aliphatic rings. The molecule has 90 valence electrons. The molecule has 0 radical (unpaired) electrons. The second-order valence-electron chi connectivity index (χ2n) is 4.71. The molecule has 1 heterocycles. The third kappa shape index (κ3) is 2.55. The number of benzene rings is 1. The Balaban J connectivity index is 2.45. The summed E-state index contributed by atoms with van der Waals surface area (Å²) in [6.45, 7) is 5.52. The molecule has 5 heteroatoms. The Morgan fingerprint density at radius 1 is 1.41 bits per heavy atom. The lowest BCUT2D eigenvalue weighted by atomic mass is 10.1. The lowest BCUT2D eigenvalue weighted by molar-refractivity contribution is 0.00721. The lowest BCUT2D eigenvalue weighted by Crippen LogP contribution is -2.23. The van der Waals surface area contributed by atoms with Crippen LogP contribution in [0.2, 0.25) is 0 Å².